The van der Waals surface area contributed by atoms with E-state index in [9.17, 15) is 13.8 Å². The highest BCUT2D eigenvalue weighted by Crippen LogP contribution is 2.81. The summed E-state index contributed by atoms with van der Waals surface area (Å²) < 4.78 is 38.0. The molecule has 1 unspecified atom stereocenters. The van der Waals surface area contributed by atoms with Gasteiger partial charge in [-0.3, -0.25) is 14.3 Å². The molecular formula is C34H40ClN3O6S. The van der Waals surface area contributed by atoms with E-state index in [1.165, 1.54) is 18.2 Å². The van der Waals surface area contributed by atoms with Gasteiger partial charge in [-0.25, -0.2) is 4.21 Å². The first-order valence-corrected chi connectivity index (χ1v) is 17.8. The quantitative estimate of drug-likeness (QED) is 0.458. The van der Waals surface area contributed by atoms with Crippen LogP contribution in [0.15, 0.2) is 52.9 Å². The number of carbonyl (C=O) groups is 2. The van der Waals surface area contributed by atoms with E-state index < -0.39 is 21.7 Å². The van der Waals surface area contributed by atoms with Crippen LogP contribution in [0.3, 0.4) is 0 Å². The van der Waals surface area contributed by atoms with Gasteiger partial charge in [0, 0.05) is 43.3 Å². The zero-order chi connectivity index (χ0) is 31.4. The van der Waals surface area contributed by atoms with Crippen LogP contribution in [0, 0.1) is 17.3 Å². The number of benzene rings is 2. The van der Waals surface area contributed by atoms with E-state index in [2.05, 4.69) is 38.3 Å². The van der Waals surface area contributed by atoms with Gasteiger partial charge in [-0.05, 0) is 97.2 Å². The number of halogens is 1. The molecule has 2 aromatic rings. The molecule has 2 fully saturated rings. The molecule has 2 bridgehead atoms. The summed E-state index contributed by atoms with van der Waals surface area (Å²) in [7, 11) is -0.239. The van der Waals surface area contributed by atoms with Gasteiger partial charge in [0.1, 0.15) is 22.3 Å². The van der Waals surface area contributed by atoms with Crippen molar-refractivity contribution < 1.29 is 28.0 Å². The maximum Gasteiger partial charge on any atom is 0.286 e. The third kappa shape index (κ3) is 5.68. The number of hydrogen-bond acceptors (Lipinski definition) is 7. The molecule has 11 heteroatoms. The minimum Gasteiger partial charge on any atom is -0.490 e. The van der Waals surface area contributed by atoms with Crippen LogP contribution in [0.1, 0.15) is 53.6 Å². The third-order valence-corrected chi connectivity index (χ3v) is 12.5. The van der Waals surface area contributed by atoms with Crippen molar-refractivity contribution in [3.8, 4) is 5.75 Å². The number of carbonyl (C=O) groups excluding carboxylic acids is 2. The highest BCUT2D eigenvalue weighted by molar-refractivity contribution is 7.92. The maximum absolute atomic E-state index is 13.9. The number of methoxy groups -OCH3 is 2. The van der Waals surface area contributed by atoms with Crippen molar-refractivity contribution in [2.75, 3.05) is 51.2 Å². The summed E-state index contributed by atoms with van der Waals surface area (Å²) in [6.45, 7) is 1.81. The molecular weight excluding hydrogens is 614 g/mol. The van der Waals surface area contributed by atoms with Crippen LogP contribution < -0.4 is 14.4 Å². The molecule has 5 aliphatic rings. The van der Waals surface area contributed by atoms with Crippen LogP contribution in [0.4, 0.5) is 5.69 Å². The largest absolute Gasteiger partial charge is 0.490 e. The Balaban J connectivity index is 1.31. The van der Waals surface area contributed by atoms with Gasteiger partial charge < -0.3 is 19.1 Å². The Bertz CT molecular complexity index is 1690. The molecule has 2 aliphatic heterocycles. The Labute approximate surface area is 269 Å². The average Bonchev–Trinajstić information content (AvgIpc) is 3.89. The van der Waals surface area contributed by atoms with Crippen molar-refractivity contribution in [3.05, 3.63) is 70.3 Å². The van der Waals surface area contributed by atoms with E-state index in [0.29, 0.717) is 42.6 Å². The number of ether oxygens (including phenoxy) is 3. The summed E-state index contributed by atoms with van der Waals surface area (Å²) in [6.07, 6.45) is 9.46. The van der Waals surface area contributed by atoms with E-state index >= 15 is 0 Å². The number of allylic oxidation sites excluding steroid dienone is 1. The molecule has 6 atom stereocenters. The standard InChI is InChI=1S/C34H40ClN3O6S/c1-42-18-30(39)36-45(41)14-5-3-4-8-29(43-2)31-26-17-34(26,31)20-38-19-33(13-6-7-22-15-24(35)10-11-25(22)33)21-44-28-12-9-23(16-27(28)38)32(40)37-45/h4,8-12,15-16,26,29,31H,3,5-7,13-14,17-21H2,1-2H3,(H,36,37,39,40,41)/b8-4+/t26-,29+,31-,33+,34?,45+/m1/s1. The Hall–Kier alpha value is -2.92. The number of nitrogens with one attached hydrogen (secondary N) is 1. The van der Waals surface area contributed by atoms with E-state index in [1.807, 2.05) is 18.2 Å². The van der Waals surface area contributed by atoms with Crippen LogP contribution in [0.2, 0.25) is 5.02 Å². The second-order valence-corrected chi connectivity index (χ2v) is 15.8. The third-order valence-electron chi connectivity index (χ3n) is 10.5. The van der Waals surface area contributed by atoms with E-state index in [-0.39, 0.29) is 29.3 Å². The zero-order valence-electron chi connectivity index (χ0n) is 25.8. The molecule has 3 aliphatic carbocycles. The first-order chi connectivity index (χ1) is 21.7. The lowest BCUT2D eigenvalue weighted by atomic mass is 9.70. The molecule has 9 nitrogen and oxygen atoms in total. The van der Waals surface area contributed by atoms with Crippen molar-refractivity contribution in [1.29, 1.82) is 0 Å². The Morgan fingerprint density at radius 2 is 2.07 bits per heavy atom. The van der Waals surface area contributed by atoms with Gasteiger partial charge in [-0.1, -0.05) is 29.8 Å². The molecule has 0 radical (unpaired) electrons. The molecule has 2 saturated carbocycles. The Morgan fingerprint density at radius 1 is 1.20 bits per heavy atom. The van der Waals surface area contributed by atoms with Gasteiger partial charge in [-0.15, -0.1) is 4.36 Å². The molecule has 2 spiro atoms. The molecule has 240 valence electrons. The number of aryl methyl sites for hydroxylation is 1. The van der Waals surface area contributed by atoms with E-state index in [1.54, 1.807) is 13.2 Å². The maximum atomic E-state index is 13.9. The number of anilines is 1. The molecule has 0 saturated heterocycles. The van der Waals surface area contributed by atoms with Gasteiger partial charge in [0.2, 0.25) is 0 Å². The number of fused-ring (bicyclic) bond motifs is 4. The fourth-order valence-electron chi connectivity index (χ4n) is 8.11. The van der Waals surface area contributed by atoms with E-state index in [4.69, 9.17) is 25.8 Å². The van der Waals surface area contributed by atoms with Gasteiger partial charge in [0.25, 0.3) is 11.8 Å². The highest BCUT2D eigenvalue weighted by Gasteiger charge is 2.80. The average molecular weight is 654 g/mol. The topological polar surface area (TPSA) is 107 Å². The first-order valence-electron chi connectivity index (χ1n) is 15.8. The van der Waals surface area contributed by atoms with Gasteiger partial charge >= 0.3 is 0 Å². The van der Waals surface area contributed by atoms with Crippen molar-refractivity contribution in [3.63, 3.8) is 0 Å². The number of rotatable bonds is 4. The van der Waals surface area contributed by atoms with Gasteiger partial charge in [-0.2, -0.15) is 0 Å². The van der Waals surface area contributed by atoms with Gasteiger partial charge in [0.15, 0.2) is 0 Å². The highest BCUT2D eigenvalue weighted by atomic mass is 35.5. The molecule has 0 aromatic heterocycles. The monoisotopic (exact) mass is 653 g/mol. The summed E-state index contributed by atoms with van der Waals surface area (Å²) in [5, 5.41) is 0.745. The molecule has 45 heavy (non-hydrogen) atoms. The summed E-state index contributed by atoms with van der Waals surface area (Å²) in [4.78, 5) is 28.4. The van der Waals surface area contributed by atoms with Crippen LogP contribution in [0.5, 0.6) is 5.75 Å². The van der Waals surface area contributed by atoms with Crippen molar-refractivity contribution >= 4 is 39.0 Å². The van der Waals surface area contributed by atoms with Crippen LogP contribution in [0.25, 0.3) is 0 Å². The molecule has 7 rings (SSSR count). The lowest BCUT2D eigenvalue weighted by Crippen LogP contribution is -2.47. The second-order valence-electron chi connectivity index (χ2n) is 13.3. The predicted molar refractivity (Wildman–Crippen MR) is 173 cm³/mol. The van der Waals surface area contributed by atoms with Crippen molar-refractivity contribution in [1.82, 2.24) is 4.72 Å². The summed E-state index contributed by atoms with van der Waals surface area (Å²) in [5.41, 5.74) is 3.62. The number of hydrogen-bond donors (Lipinski definition) is 1. The Kier molecular flexibility index (Phi) is 7.99. The molecule has 1 N–H and O–H groups in total. The first kappa shape index (κ1) is 30.7. The predicted octanol–water partition coefficient (Wildman–Crippen LogP) is 5.10. The molecule has 2 aromatic carbocycles. The van der Waals surface area contributed by atoms with Gasteiger partial charge in [0.05, 0.1) is 24.2 Å². The molecule has 2 amide bonds. The summed E-state index contributed by atoms with van der Waals surface area (Å²) >= 11 is 6.43. The van der Waals surface area contributed by atoms with Crippen LogP contribution >= 0.6 is 11.6 Å². The van der Waals surface area contributed by atoms with E-state index in [0.717, 1.165) is 49.5 Å². The summed E-state index contributed by atoms with van der Waals surface area (Å²) in [5.74, 6) is 0.559. The molecule has 2 heterocycles. The Morgan fingerprint density at radius 3 is 2.87 bits per heavy atom. The smallest absolute Gasteiger partial charge is 0.286 e. The minimum absolute atomic E-state index is 0.00535. The summed E-state index contributed by atoms with van der Waals surface area (Å²) in [6, 6.07) is 11.6. The lowest BCUT2D eigenvalue weighted by Gasteiger charge is -2.41. The van der Waals surface area contributed by atoms with Crippen LogP contribution in [-0.2, 0) is 36.0 Å². The van der Waals surface area contributed by atoms with Crippen molar-refractivity contribution in [2.24, 2.45) is 21.6 Å². The fourth-order valence-corrected chi connectivity index (χ4v) is 9.89. The minimum atomic E-state index is -3.39. The normalized spacial score (nSPS) is 34.2. The number of amides is 2. The zero-order valence-corrected chi connectivity index (χ0v) is 27.3. The van der Waals surface area contributed by atoms with Crippen LogP contribution in [-0.4, -0.2) is 68.4 Å². The number of nitrogens with zero attached hydrogens (tertiary/aromatic N) is 2. The SMILES string of the molecule is COCC(=O)N[S@]1(=O)=NC(=O)c2ccc3c(c2)N(CC24C[C@@H]2[C@@H]4[C@@H](OC)/C=C/CCC1)C[C@@]1(CCCc2cc(Cl)ccc21)CO3. The second kappa shape index (κ2) is 11.7. The lowest BCUT2D eigenvalue weighted by molar-refractivity contribution is -0.122. The van der Waals surface area contributed by atoms with Crippen molar-refractivity contribution in [2.45, 2.75) is 50.0 Å². The fraction of sp³-hybridized carbons (Fsp3) is 0.529.